The molecule has 0 saturated carbocycles. The fourth-order valence-corrected chi connectivity index (χ4v) is 4.50. The molecule has 0 radical (unpaired) electrons. The summed E-state index contributed by atoms with van der Waals surface area (Å²) in [5.74, 6) is -2.38. The van der Waals surface area contributed by atoms with Crippen LogP contribution in [0.1, 0.15) is 23.7 Å². The zero-order valence-electron chi connectivity index (χ0n) is 13.0. The van der Waals surface area contributed by atoms with Crippen molar-refractivity contribution in [1.82, 2.24) is 4.90 Å². The van der Waals surface area contributed by atoms with Gasteiger partial charge in [-0.3, -0.25) is 4.79 Å². The van der Waals surface area contributed by atoms with Crippen molar-refractivity contribution in [2.75, 3.05) is 24.7 Å². The highest BCUT2D eigenvalue weighted by Crippen LogP contribution is 2.19. The predicted molar refractivity (Wildman–Crippen MR) is 86.1 cm³/mol. The van der Waals surface area contributed by atoms with Crippen LogP contribution in [0.3, 0.4) is 0 Å². The normalized spacial score (nSPS) is 19.0. The lowest BCUT2D eigenvalue weighted by molar-refractivity contribution is -0.136. The lowest BCUT2D eigenvalue weighted by Crippen LogP contribution is -2.43. The van der Waals surface area contributed by atoms with Crippen molar-refractivity contribution in [2.24, 2.45) is 0 Å². The molecule has 0 aliphatic carbocycles. The third kappa shape index (κ3) is 4.45. The van der Waals surface area contributed by atoms with Crippen molar-refractivity contribution in [3.8, 4) is 0 Å². The van der Waals surface area contributed by atoms with Crippen molar-refractivity contribution in [1.29, 1.82) is 0 Å². The van der Waals surface area contributed by atoms with E-state index in [1.165, 1.54) is 11.0 Å². The number of carbonyl (C=O) groups is 2. The van der Waals surface area contributed by atoms with Crippen LogP contribution in [0.15, 0.2) is 18.2 Å². The Balaban J connectivity index is 1.98. The summed E-state index contributed by atoms with van der Waals surface area (Å²) in [6, 6.07) is 3.01. The monoisotopic (exact) mass is 377 g/mol. The summed E-state index contributed by atoms with van der Waals surface area (Å²) in [5.41, 5.74) is -0.359. The molecule has 9 heteroatoms. The van der Waals surface area contributed by atoms with Gasteiger partial charge in [-0.2, -0.15) is 0 Å². The number of rotatable bonds is 5. The first-order valence-corrected chi connectivity index (χ1v) is 9.55. The van der Waals surface area contributed by atoms with Crippen LogP contribution in [-0.4, -0.2) is 55.9 Å². The van der Waals surface area contributed by atoms with Crippen molar-refractivity contribution >= 4 is 33.3 Å². The van der Waals surface area contributed by atoms with E-state index in [1.807, 2.05) is 0 Å². The summed E-state index contributed by atoms with van der Waals surface area (Å²) in [5, 5.41) is 0.168. The molecule has 0 N–H and O–H groups in total. The predicted octanol–water partition coefficient (Wildman–Crippen LogP) is 1.67. The van der Waals surface area contributed by atoms with Gasteiger partial charge in [-0.15, -0.1) is 0 Å². The number of amides is 1. The third-order valence-corrected chi connectivity index (χ3v) is 5.77. The van der Waals surface area contributed by atoms with Gasteiger partial charge < -0.3 is 9.64 Å². The first kappa shape index (κ1) is 18.7. The number of halogens is 2. The fourth-order valence-electron chi connectivity index (χ4n) is 2.60. The van der Waals surface area contributed by atoms with Gasteiger partial charge in [-0.25, -0.2) is 17.6 Å². The summed E-state index contributed by atoms with van der Waals surface area (Å²) in [7, 11) is -3.13. The molecule has 132 valence electrons. The molecular formula is C15H17ClFNO5S. The maximum Gasteiger partial charge on any atom is 0.341 e. The molecule has 1 amide bonds. The number of ether oxygens (including phenoxy) is 1. The lowest BCUT2D eigenvalue weighted by atomic mass is 10.2. The smallest absolute Gasteiger partial charge is 0.341 e. The molecule has 1 heterocycles. The molecule has 0 aromatic heterocycles. The molecular weight excluding hydrogens is 361 g/mol. The van der Waals surface area contributed by atoms with E-state index in [4.69, 9.17) is 16.3 Å². The minimum absolute atomic E-state index is 0.0367. The average molecular weight is 378 g/mol. The Morgan fingerprint density at radius 2 is 2.12 bits per heavy atom. The number of hydrogen-bond donors (Lipinski definition) is 0. The molecule has 1 aliphatic rings. The highest BCUT2D eigenvalue weighted by molar-refractivity contribution is 7.91. The Labute approximate surface area is 144 Å². The van der Waals surface area contributed by atoms with E-state index >= 15 is 0 Å². The van der Waals surface area contributed by atoms with Crippen molar-refractivity contribution in [3.05, 3.63) is 34.6 Å². The molecule has 0 bridgehead atoms. The first-order chi connectivity index (χ1) is 11.2. The van der Waals surface area contributed by atoms with Gasteiger partial charge in [-0.05, 0) is 31.5 Å². The van der Waals surface area contributed by atoms with E-state index in [9.17, 15) is 22.4 Å². The summed E-state index contributed by atoms with van der Waals surface area (Å²) < 4.78 is 41.5. The van der Waals surface area contributed by atoms with E-state index in [0.717, 1.165) is 12.1 Å². The molecule has 1 aromatic carbocycles. The zero-order valence-corrected chi connectivity index (χ0v) is 14.6. The number of sulfone groups is 1. The van der Waals surface area contributed by atoms with Crippen LogP contribution in [0.25, 0.3) is 0 Å². The van der Waals surface area contributed by atoms with E-state index in [2.05, 4.69) is 0 Å². The van der Waals surface area contributed by atoms with Gasteiger partial charge in [-0.1, -0.05) is 11.6 Å². The van der Waals surface area contributed by atoms with Crippen molar-refractivity contribution < 1.29 is 27.1 Å². The Kier molecular flexibility index (Phi) is 5.82. The molecule has 1 unspecified atom stereocenters. The molecule has 0 spiro atoms. The number of esters is 1. The van der Waals surface area contributed by atoms with Gasteiger partial charge in [0.1, 0.15) is 5.82 Å². The molecule has 1 aromatic rings. The fraction of sp³-hybridized carbons (Fsp3) is 0.467. The largest absolute Gasteiger partial charge is 0.452 e. The molecule has 1 aliphatic heterocycles. The Hall–Kier alpha value is -1.67. The van der Waals surface area contributed by atoms with E-state index in [0.29, 0.717) is 13.0 Å². The minimum Gasteiger partial charge on any atom is -0.452 e. The van der Waals surface area contributed by atoms with Gasteiger partial charge in [0.25, 0.3) is 5.91 Å². The number of carbonyl (C=O) groups excluding carboxylic acids is 2. The second kappa shape index (κ2) is 7.48. The van der Waals surface area contributed by atoms with Crippen LogP contribution < -0.4 is 0 Å². The van der Waals surface area contributed by atoms with Gasteiger partial charge in [0.05, 0.1) is 17.1 Å². The topological polar surface area (TPSA) is 80.8 Å². The van der Waals surface area contributed by atoms with Crippen molar-refractivity contribution in [2.45, 2.75) is 19.4 Å². The van der Waals surface area contributed by atoms with Crippen LogP contribution in [0.5, 0.6) is 0 Å². The lowest BCUT2D eigenvalue weighted by Gasteiger charge is -2.26. The summed E-state index contributed by atoms with van der Waals surface area (Å²) in [4.78, 5) is 25.4. The van der Waals surface area contributed by atoms with Gasteiger partial charge >= 0.3 is 5.97 Å². The number of likely N-dealkylation sites (N-methyl/N-ethyl adjacent to an activating group) is 1. The number of benzene rings is 1. The quantitative estimate of drug-likeness (QED) is 0.729. The van der Waals surface area contributed by atoms with E-state index in [-0.39, 0.29) is 22.1 Å². The van der Waals surface area contributed by atoms with Gasteiger partial charge in [0.15, 0.2) is 16.4 Å². The van der Waals surface area contributed by atoms with Crippen molar-refractivity contribution in [3.63, 3.8) is 0 Å². The highest BCUT2D eigenvalue weighted by atomic mass is 35.5. The highest BCUT2D eigenvalue weighted by Gasteiger charge is 2.34. The SMILES string of the molecule is CCN(C(=O)COC(=O)c1cc(Cl)ccc1F)C1CCS(=O)(=O)C1. The molecule has 24 heavy (non-hydrogen) atoms. The third-order valence-electron chi connectivity index (χ3n) is 3.79. The second-order valence-corrected chi connectivity index (χ2v) is 8.10. The molecule has 2 rings (SSSR count). The van der Waals surface area contributed by atoms with Crippen LogP contribution in [0, 0.1) is 5.82 Å². The van der Waals surface area contributed by atoms with Gasteiger partial charge in [0.2, 0.25) is 0 Å². The maximum absolute atomic E-state index is 13.6. The maximum atomic E-state index is 13.6. The Morgan fingerprint density at radius 3 is 2.71 bits per heavy atom. The molecule has 1 saturated heterocycles. The van der Waals surface area contributed by atoms with Crippen LogP contribution in [0.2, 0.25) is 5.02 Å². The molecule has 6 nitrogen and oxygen atoms in total. The molecule has 1 atom stereocenters. The van der Waals surface area contributed by atoms with E-state index < -0.39 is 40.2 Å². The zero-order chi connectivity index (χ0) is 17.9. The Morgan fingerprint density at radius 1 is 1.42 bits per heavy atom. The number of nitrogens with zero attached hydrogens (tertiary/aromatic N) is 1. The minimum atomic E-state index is -3.13. The standard InChI is InChI=1S/C15H17ClFNO5S/c1-2-18(11-5-6-24(21,22)9-11)14(19)8-23-15(20)12-7-10(16)3-4-13(12)17/h3-4,7,11H,2,5-6,8-9H2,1H3. The summed E-state index contributed by atoms with van der Waals surface area (Å²) in [6.45, 7) is 1.42. The second-order valence-electron chi connectivity index (χ2n) is 5.44. The summed E-state index contributed by atoms with van der Waals surface area (Å²) in [6.07, 6.45) is 0.360. The van der Waals surface area contributed by atoms with Crippen LogP contribution >= 0.6 is 11.6 Å². The summed E-state index contributed by atoms with van der Waals surface area (Å²) >= 11 is 5.70. The van der Waals surface area contributed by atoms with Crippen LogP contribution in [0.4, 0.5) is 4.39 Å². The van der Waals surface area contributed by atoms with Crippen LogP contribution in [-0.2, 0) is 19.4 Å². The molecule has 1 fully saturated rings. The Bertz CT molecular complexity index is 752. The number of hydrogen-bond acceptors (Lipinski definition) is 5. The first-order valence-electron chi connectivity index (χ1n) is 7.35. The van der Waals surface area contributed by atoms with Gasteiger partial charge in [0, 0.05) is 17.6 Å². The van der Waals surface area contributed by atoms with E-state index in [1.54, 1.807) is 6.92 Å². The average Bonchev–Trinajstić information content (AvgIpc) is 2.87.